The average molecular weight is 190 g/mol. The summed E-state index contributed by atoms with van der Waals surface area (Å²) in [5.74, 6) is 0. The molecule has 1 aliphatic heterocycles. The number of ether oxygens (including phenoxy) is 3. The van der Waals surface area contributed by atoms with E-state index in [2.05, 4.69) is 0 Å². The molecular formula is C9H18O4. The molecule has 1 rings (SSSR count). The van der Waals surface area contributed by atoms with E-state index >= 15 is 0 Å². The van der Waals surface area contributed by atoms with Gasteiger partial charge >= 0.3 is 0 Å². The van der Waals surface area contributed by atoms with E-state index in [4.69, 9.17) is 19.3 Å². The van der Waals surface area contributed by atoms with E-state index in [0.717, 1.165) is 0 Å². The van der Waals surface area contributed by atoms with Crippen molar-refractivity contribution in [2.75, 3.05) is 19.8 Å². The van der Waals surface area contributed by atoms with Crippen LogP contribution in [0.25, 0.3) is 0 Å². The summed E-state index contributed by atoms with van der Waals surface area (Å²) >= 11 is 0. The van der Waals surface area contributed by atoms with Gasteiger partial charge in [-0.05, 0) is 13.8 Å². The molecular weight excluding hydrogens is 172 g/mol. The number of aliphatic hydroxyl groups excluding tert-OH is 1. The Labute approximate surface area is 78.8 Å². The van der Waals surface area contributed by atoms with Crippen LogP contribution in [0.15, 0.2) is 0 Å². The molecule has 0 amide bonds. The topological polar surface area (TPSA) is 51.2 Å². The van der Waals surface area contributed by atoms with E-state index in [1.165, 1.54) is 0 Å². The van der Waals surface area contributed by atoms with E-state index in [0.29, 0.717) is 19.6 Å². The minimum atomic E-state index is -0.184. The first kappa shape index (κ1) is 10.9. The van der Waals surface area contributed by atoms with Crippen molar-refractivity contribution in [1.82, 2.24) is 0 Å². The van der Waals surface area contributed by atoms with E-state index in [-0.39, 0.29) is 25.1 Å². The minimum Gasteiger partial charge on any atom is -0.394 e. The van der Waals surface area contributed by atoms with Crippen LogP contribution in [0.2, 0.25) is 0 Å². The lowest BCUT2D eigenvalue weighted by Crippen LogP contribution is -2.20. The number of aliphatic hydroxyl groups is 1. The zero-order valence-corrected chi connectivity index (χ0v) is 8.23. The van der Waals surface area contributed by atoms with Crippen LogP contribution < -0.4 is 0 Å². The molecule has 0 aromatic carbocycles. The van der Waals surface area contributed by atoms with Gasteiger partial charge in [0.15, 0.2) is 6.29 Å². The lowest BCUT2D eigenvalue weighted by Gasteiger charge is -2.15. The second kappa shape index (κ2) is 5.54. The van der Waals surface area contributed by atoms with Crippen LogP contribution in [0.4, 0.5) is 0 Å². The van der Waals surface area contributed by atoms with Gasteiger partial charge in [-0.15, -0.1) is 0 Å². The monoisotopic (exact) mass is 190 g/mol. The predicted molar refractivity (Wildman–Crippen MR) is 47.4 cm³/mol. The molecule has 0 radical (unpaired) electrons. The highest BCUT2D eigenvalue weighted by molar-refractivity contribution is 4.84. The van der Waals surface area contributed by atoms with Crippen molar-refractivity contribution < 1.29 is 19.3 Å². The number of rotatable bonds is 7. The second-order valence-corrected chi connectivity index (χ2v) is 2.97. The first-order valence-corrected chi connectivity index (χ1v) is 4.81. The van der Waals surface area contributed by atoms with E-state index in [1.54, 1.807) is 0 Å². The van der Waals surface area contributed by atoms with E-state index in [1.807, 2.05) is 13.8 Å². The number of hydrogen-bond acceptors (Lipinski definition) is 4. The summed E-state index contributed by atoms with van der Waals surface area (Å²) in [4.78, 5) is 0. The Balaban J connectivity index is 2.15. The third-order valence-electron chi connectivity index (χ3n) is 2.00. The van der Waals surface area contributed by atoms with Crippen molar-refractivity contribution in [2.24, 2.45) is 0 Å². The maximum atomic E-state index is 8.74. The third-order valence-corrected chi connectivity index (χ3v) is 2.00. The maximum absolute atomic E-state index is 8.74. The molecule has 1 aliphatic rings. The molecule has 1 heterocycles. The average Bonchev–Trinajstić information content (AvgIpc) is 2.84. The molecule has 1 N–H and O–H groups in total. The zero-order chi connectivity index (χ0) is 9.68. The summed E-state index contributed by atoms with van der Waals surface area (Å²) in [7, 11) is 0. The van der Waals surface area contributed by atoms with Gasteiger partial charge in [0.1, 0.15) is 6.10 Å². The van der Waals surface area contributed by atoms with Gasteiger partial charge in [-0.2, -0.15) is 0 Å². The fourth-order valence-corrected chi connectivity index (χ4v) is 1.29. The molecule has 2 atom stereocenters. The fourth-order valence-electron chi connectivity index (χ4n) is 1.29. The third kappa shape index (κ3) is 3.60. The summed E-state index contributed by atoms with van der Waals surface area (Å²) in [6.45, 7) is 5.24. The van der Waals surface area contributed by atoms with Gasteiger partial charge < -0.3 is 19.3 Å². The first-order chi connectivity index (χ1) is 6.31. The highest BCUT2D eigenvalue weighted by Gasteiger charge is 2.40. The predicted octanol–water partition coefficient (Wildman–Crippen LogP) is 0.535. The Morgan fingerprint density at radius 3 is 2.23 bits per heavy atom. The molecule has 78 valence electrons. The van der Waals surface area contributed by atoms with Crippen molar-refractivity contribution in [3.05, 3.63) is 0 Å². The Bertz CT molecular complexity index is 134. The maximum Gasteiger partial charge on any atom is 0.160 e. The summed E-state index contributed by atoms with van der Waals surface area (Å²) in [6, 6.07) is 0. The quantitative estimate of drug-likeness (QED) is 0.470. The van der Waals surface area contributed by atoms with Gasteiger partial charge in [0.25, 0.3) is 0 Å². The Morgan fingerprint density at radius 1 is 1.23 bits per heavy atom. The molecule has 0 aromatic heterocycles. The van der Waals surface area contributed by atoms with Gasteiger partial charge in [-0.25, -0.2) is 0 Å². The Hall–Kier alpha value is -0.160. The van der Waals surface area contributed by atoms with Crippen LogP contribution in [-0.4, -0.2) is 43.4 Å². The molecule has 4 nitrogen and oxygen atoms in total. The van der Waals surface area contributed by atoms with Crippen molar-refractivity contribution in [1.29, 1.82) is 0 Å². The van der Waals surface area contributed by atoms with Crippen molar-refractivity contribution in [3.63, 3.8) is 0 Å². The SMILES string of the molecule is CCOC(C[C@@H]1OC1CO)OCC. The lowest BCUT2D eigenvalue weighted by atomic mass is 10.2. The molecule has 1 unspecified atom stereocenters. The summed E-state index contributed by atoms with van der Waals surface area (Å²) in [5, 5.41) is 8.74. The lowest BCUT2D eigenvalue weighted by molar-refractivity contribution is -0.141. The number of hydrogen-bond donors (Lipinski definition) is 1. The minimum absolute atomic E-state index is 0.00316. The van der Waals surface area contributed by atoms with E-state index < -0.39 is 0 Å². The summed E-state index contributed by atoms with van der Waals surface area (Å²) in [6.07, 6.45) is 0.653. The fraction of sp³-hybridized carbons (Fsp3) is 1.00. The molecule has 0 spiro atoms. The highest BCUT2D eigenvalue weighted by Crippen LogP contribution is 2.27. The first-order valence-electron chi connectivity index (χ1n) is 4.81. The van der Waals surface area contributed by atoms with Crippen LogP contribution >= 0.6 is 0 Å². The number of epoxide rings is 1. The summed E-state index contributed by atoms with van der Waals surface area (Å²) < 4.78 is 15.9. The molecule has 4 heteroatoms. The zero-order valence-electron chi connectivity index (χ0n) is 8.23. The van der Waals surface area contributed by atoms with E-state index in [9.17, 15) is 0 Å². The second-order valence-electron chi connectivity index (χ2n) is 2.97. The van der Waals surface area contributed by atoms with Gasteiger partial charge in [0.05, 0.1) is 12.7 Å². The van der Waals surface area contributed by atoms with Crippen LogP contribution in [0.5, 0.6) is 0 Å². The Morgan fingerprint density at radius 2 is 1.85 bits per heavy atom. The molecule has 0 aromatic rings. The largest absolute Gasteiger partial charge is 0.394 e. The highest BCUT2D eigenvalue weighted by atomic mass is 16.7. The van der Waals surface area contributed by atoms with Gasteiger partial charge in [-0.3, -0.25) is 0 Å². The molecule has 0 aliphatic carbocycles. The van der Waals surface area contributed by atoms with Crippen molar-refractivity contribution in [3.8, 4) is 0 Å². The normalized spacial score (nSPS) is 26.8. The smallest absolute Gasteiger partial charge is 0.160 e. The molecule has 1 saturated heterocycles. The summed E-state index contributed by atoms with van der Waals surface area (Å²) in [5.41, 5.74) is 0. The van der Waals surface area contributed by atoms with Gasteiger partial charge in [-0.1, -0.05) is 0 Å². The van der Waals surface area contributed by atoms with Crippen LogP contribution in [0, 0.1) is 0 Å². The van der Waals surface area contributed by atoms with Crippen LogP contribution in [0.3, 0.4) is 0 Å². The molecule has 13 heavy (non-hydrogen) atoms. The van der Waals surface area contributed by atoms with Crippen LogP contribution in [-0.2, 0) is 14.2 Å². The van der Waals surface area contributed by atoms with Crippen molar-refractivity contribution in [2.45, 2.75) is 38.8 Å². The van der Waals surface area contributed by atoms with Gasteiger partial charge in [0, 0.05) is 19.6 Å². The molecule has 0 saturated carbocycles. The standard InChI is InChI=1S/C9H18O4/c1-3-11-9(12-4-2)5-7-8(6-10)13-7/h7-10H,3-6H2,1-2H3/t7-,8?/m0/s1. The molecule has 1 fully saturated rings. The molecule has 0 bridgehead atoms. The van der Waals surface area contributed by atoms with Gasteiger partial charge in [0.2, 0.25) is 0 Å². The Kier molecular flexibility index (Phi) is 4.66. The van der Waals surface area contributed by atoms with Crippen molar-refractivity contribution >= 4 is 0 Å². The van der Waals surface area contributed by atoms with Crippen LogP contribution in [0.1, 0.15) is 20.3 Å².